The second-order valence-electron chi connectivity index (χ2n) is 8.69. The molecule has 5 nitrogen and oxygen atoms in total. The van der Waals surface area contributed by atoms with Crippen LogP contribution in [0.3, 0.4) is 0 Å². The van der Waals surface area contributed by atoms with Gasteiger partial charge >= 0.3 is 6.18 Å². The molecule has 1 N–H and O–H groups in total. The maximum atomic E-state index is 13.3. The van der Waals surface area contributed by atoms with Crippen LogP contribution in [0, 0.1) is 0 Å². The number of hydrogen-bond donors (Lipinski definition) is 1. The van der Waals surface area contributed by atoms with Gasteiger partial charge in [-0.1, -0.05) is 60.1 Å². The zero-order chi connectivity index (χ0) is 27.1. The molecule has 0 fully saturated rings. The van der Waals surface area contributed by atoms with E-state index in [0.29, 0.717) is 42.8 Å². The normalized spacial score (nSPS) is 12.2. The summed E-state index contributed by atoms with van der Waals surface area (Å²) in [4.78, 5) is 2.03. The summed E-state index contributed by atoms with van der Waals surface area (Å²) < 4.78 is 69.7. The summed E-state index contributed by atoms with van der Waals surface area (Å²) in [6.45, 7) is 1.21. The Hall–Kier alpha value is -2.59. The van der Waals surface area contributed by atoms with Gasteiger partial charge in [-0.05, 0) is 47.7 Å². The van der Waals surface area contributed by atoms with Crippen LogP contribution < -0.4 is 4.74 Å². The number of rotatable bonds is 12. The molecule has 0 unspecified atom stereocenters. The minimum absolute atomic E-state index is 0.0103. The van der Waals surface area contributed by atoms with Crippen molar-refractivity contribution in [3.8, 4) is 5.75 Å². The number of benzene rings is 3. The monoisotopic (exact) mass is 555 g/mol. The molecule has 0 radical (unpaired) electrons. The van der Waals surface area contributed by atoms with Crippen molar-refractivity contribution in [3.05, 3.63) is 94.0 Å². The lowest BCUT2D eigenvalue weighted by Gasteiger charge is -2.24. The average molecular weight is 556 g/mol. The van der Waals surface area contributed by atoms with Crippen LogP contribution >= 0.6 is 11.6 Å². The van der Waals surface area contributed by atoms with E-state index >= 15 is 0 Å². The summed E-state index contributed by atoms with van der Waals surface area (Å²) in [5.41, 5.74) is 0.935. The fourth-order valence-corrected chi connectivity index (χ4v) is 5.17. The molecule has 0 spiro atoms. The number of aliphatic hydroxyl groups is 1. The third-order valence-corrected chi connectivity index (χ3v) is 7.46. The van der Waals surface area contributed by atoms with Crippen LogP contribution in [0.15, 0.2) is 71.6 Å². The molecular weight excluding hydrogens is 527 g/mol. The van der Waals surface area contributed by atoms with Gasteiger partial charge in [0.1, 0.15) is 5.75 Å². The molecule has 0 bridgehead atoms. The first-order valence-corrected chi connectivity index (χ1v) is 13.9. The van der Waals surface area contributed by atoms with E-state index in [4.69, 9.17) is 16.3 Å². The van der Waals surface area contributed by atoms with E-state index in [1.807, 2.05) is 35.2 Å². The van der Waals surface area contributed by atoms with E-state index in [1.54, 1.807) is 12.1 Å². The van der Waals surface area contributed by atoms with Crippen molar-refractivity contribution in [1.82, 2.24) is 4.90 Å². The SMILES string of the molecule is CS(=O)(=O)c1cc(OCCCN(CCc2ccccc2)Cc2cccc(C(F)(F)F)c2Cl)ccc1CO. The van der Waals surface area contributed by atoms with Crippen molar-refractivity contribution < 1.29 is 31.4 Å². The Balaban J connectivity index is 1.68. The largest absolute Gasteiger partial charge is 0.494 e. The summed E-state index contributed by atoms with van der Waals surface area (Å²) in [6.07, 6.45) is -2.22. The molecule has 3 rings (SSSR count). The fraction of sp³-hybridized carbons (Fsp3) is 0.333. The molecule has 10 heteroatoms. The van der Waals surface area contributed by atoms with Crippen LogP contribution in [0.25, 0.3) is 0 Å². The highest BCUT2D eigenvalue weighted by atomic mass is 35.5. The average Bonchev–Trinajstić information content (AvgIpc) is 2.85. The van der Waals surface area contributed by atoms with Crippen molar-refractivity contribution in [2.24, 2.45) is 0 Å². The van der Waals surface area contributed by atoms with Crippen LogP contribution in [0.4, 0.5) is 13.2 Å². The highest BCUT2D eigenvalue weighted by Gasteiger charge is 2.33. The van der Waals surface area contributed by atoms with Crippen LogP contribution in [0.5, 0.6) is 5.75 Å². The van der Waals surface area contributed by atoms with Gasteiger partial charge in [-0.15, -0.1) is 0 Å². The molecule has 3 aromatic carbocycles. The molecule has 0 saturated carbocycles. The van der Waals surface area contributed by atoms with Crippen molar-refractivity contribution in [1.29, 1.82) is 0 Å². The highest BCUT2D eigenvalue weighted by Crippen LogP contribution is 2.36. The first-order chi connectivity index (χ1) is 17.5. The number of alkyl halides is 3. The maximum Gasteiger partial charge on any atom is 0.417 e. The van der Waals surface area contributed by atoms with Crippen molar-refractivity contribution in [2.75, 3.05) is 26.0 Å². The van der Waals surface area contributed by atoms with Gasteiger partial charge in [-0.2, -0.15) is 13.2 Å². The molecule has 0 aliphatic carbocycles. The zero-order valence-corrected chi connectivity index (χ0v) is 21.9. The molecule has 0 aromatic heterocycles. The Kier molecular flexibility index (Phi) is 10.0. The predicted octanol–water partition coefficient (Wildman–Crippen LogP) is 5.77. The molecule has 0 aliphatic heterocycles. The molecule has 0 heterocycles. The molecular formula is C27H29ClF3NO4S. The quantitative estimate of drug-likeness (QED) is 0.287. The van der Waals surface area contributed by atoms with E-state index in [9.17, 15) is 26.7 Å². The first-order valence-electron chi connectivity index (χ1n) is 11.7. The number of sulfone groups is 1. The predicted molar refractivity (Wildman–Crippen MR) is 137 cm³/mol. The van der Waals surface area contributed by atoms with Gasteiger partial charge in [-0.25, -0.2) is 8.42 Å². The standard InChI is InChI=1S/C27H29ClF3NO4S/c1-37(34,35)25-17-23(12-11-22(25)19-33)36-16-6-14-32(15-13-20-7-3-2-4-8-20)18-21-9-5-10-24(26(21)28)27(29,30)31/h2-5,7-12,17,33H,6,13-16,18-19H2,1H3. The minimum Gasteiger partial charge on any atom is -0.494 e. The van der Waals surface area contributed by atoms with E-state index < -0.39 is 28.2 Å². The topological polar surface area (TPSA) is 66.8 Å². The van der Waals surface area contributed by atoms with Gasteiger partial charge in [0.2, 0.25) is 0 Å². The van der Waals surface area contributed by atoms with Crippen molar-refractivity contribution >= 4 is 21.4 Å². The Morgan fingerprint density at radius 2 is 1.70 bits per heavy atom. The second kappa shape index (κ2) is 12.8. The summed E-state index contributed by atoms with van der Waals surface area (Å²) >= 11 is 6.13. The lowest BCUT2D eigenvalue weighted by atomic mass is 10.1. The first kappa shape index (κ1) is 29.0. The molecule has 200 valence electrons. The van der Waals surface area contributed by atoms with Crippen molar-refractivity contribution in [2.45, 2.75) is 37.1 Å². The van der Waals surface area contributed by atoms with Crippen LogP contribution in [-0.4, -0.2) is 44.4 Å². The van der Waals surface area contributed by atoms with Crippen LogP contribution in [0.2, 0.25) is 5.02 Å². The maximum absolute atomic E-state index is 13.3. The summed E-state index contributed by atoms with van der Waals surface area (Å²) in [5, 5.41) is 9.10. The van der Waals surface area contributed by atoms with E-state index in [-0.39, 0.29) is 23.1 Å². The van der Waals surface area contributed by atoms with Gasteiger partial charge in [0, 0.05) is 25.9 Å². The van der Waals surface area contributed by atoms with Crippen LogP contribution in [-0.2, 0) is 35.6 Å². The Bertz CT molecular complexity index is 1280. The lowest BCUT2D eigenvalue weighted by Crippen LogP contribution is -2.28. The number of halogens is 4. The third kappa shape index (κ3) is 8.46. The van der Waals surface area contributed by atoms with Gasteiger partial charge in [0.25, 0.3) is 0 Å². The Morgan fingerprint density at radius 1 is 0.973 bits per heavy atom. The van der Waals surface area contributed by atoms with Gasteiger partial charge < -0.3 is 9.84 Å². The molecule has 0 atom stereocenters. The zero-order valence-electron chi connectivity index (χ0n) is 20.3. The van der Waals surface area contributed by atoms with Gasteiger partial charge in [0.15, 0.2) is 9.84 Å². The lowest BCUT2D eigenvalue weighted by molar-refractivity contribution is -0.137. The fourth-order valence-electron chi connectivity index (χ4n) is 3.94. The number of ether oxygens (including phenoxy) is 1. The number of hydrogen-bond acceptors (Lipinski definition) is 5. The van der Waals surface area contributed by atoms with Crippen LogP contribution in [0.1, 0.15) is 28.7 Å². The molecule has 0 aliphatic rings. The van der Waals surface area contributed by atoms with E-state index in [0.717, 1.165) is 17.9 Å². The summed E-state index contributed by atoms with van der Waals surface area (Å²) in [7, 11) is -3.54. The van der Waals surface area contributed by atoms with E-state index in [2.05, 4.69) is 0 Å². The highest BCUT2D eigenvalue weighted by molar-refractivity contribution is 7.90. The summed E-state index contributed by atoms with van der Waals surface area (Å²) in [5.74, 6) is 0.356. The number of aliphatic hydroxyl groups excluding tert-OH is 1. The van der Waals surface area contributed by atoms with Gasteiger partial charge in [0.05, 0.1) is 28.7 Å². The third-order valence-electron chi connectivity index (χ3n) is 5.83. The van der Waals surface area contributed by atoms with Crippen molar-refractivity contribution in [3.63, 3.8) is 0 Å². The van der Waals surface area contributed by atoms with Gasteiger partial charge in [-0.3, -0.25) is 4.90 Å². The summed E-state index contributed by atoms with van der Waals surface area (Å²) in [6, 6.07) is 18.2. The molecule has 0 amide bonds. The smallest absolute Gasteiger partial charge is 0.417 e. The second-order valence-corrected chi connectivity index (χ2v) is 11.1. The Morgan fingerprint density at radius 3 is 2.35 bits per heavy atom. The molecule has 0 saturated heterocycles. The minimum atomic E-state index is -4.54. The molecule has 37 heavy (non-hydrogen) atoms. The van der Waals surface area contributed by atoms with E-state index in [1.165, 1.54) is 18.2 Å². The Labute approximate surface area is 220 Å². The molecule has 3 aromatic rings. The number of nitrogens with zero attached hydrogens (tertiary/aromatic N) is 1.